The Kier molecular flexibility index (Phi) is 8.00. The van der Waals surface area contributed by atoms with Gasteiger partial charge in [-0.2, -0.15) is 13.2 Å². The molecule has 0 aromatic carbocycles. The van der Waals surface area contributed by atoms with Crippen LogP contribution in [-0.2, 0) is 19.0 Å². The lowest BCUT2D eigenvalue weighted by molar-refractivity contribution is -0.192. The molecule has 0 unspecified atom stereocenters. The number of rotatable bonds is 4. The number of hydrogen-bond acceptors (Lipinski definition) is 7. The molecular weight excluding hydrogens is 426 g/mol. The van der Waals surface area contributed by atoms with Crippen molar-refractivity contribution in [2.45, 2.75) is 50.1 Å². The molecule has 1 N–H and O–H groups in total. The largest absolute Gasteiger partial charge is 0.490 e. The monoisotopic (exact) mass is 451 g/mol. The molecule has 1 aromatic heterocycles. The minimum absolute atomic E-state index is 0.0484. The topological polar surface area (TPSA) is 94.0 Å². The Morgan fingerprint density at radius 2 is 1.81 bits per heavy atom. The van der Waals surface area contributed by atoms with E-state index in [1.54, 1.807) is 0 Å². The Morgan fingerprint density at radius 1 is 1.16 bits per heavy atom. The van der Waals surface area contributed by atoms with E-state index in [1.165, 1.54) is 12.4 Å². The summed E-state index contributed by atoms with van der Waals surface area (Å²) in [6.45, 7) is 3.83. The van der Waals surface area contributed by atoms with Crippen molar-refractivity contribution < 1.29 is 41.7 Å². The maximum absolute atomic E-state index is 13.1. The summed E-state index contributed by atoms with van der Waals surface area (Å²) in [5.74, 6) is -1.99. The first-order valence-electron chi connectivity index (χ1n) is 10.1. The Hall–Kier alpha value is -2.05. The second-order valence-corrected chi connectivity index (χ2v) is 7.61. The minimum Gasteiger partial charge on any atom is -0.475 e. The van der Waals surface area contributed by atoms with Crippen LogP contribution in [0.2, 0.25) is 0 Å². The summed E-state index contributed by atoms with van der Waals surface area (Å²) in [6, 6.07) is 0.212. The first-order chi connectivity index (χ1) is 14.8. The molecule has 8 nitrogen and oxygen atoms in total. The van der Waals surface area contributed by atoms with E-state index in [9.17, 15) is 17.6 Å². The SMILES string of the molecule is Fc1cnc(N2CCO[C@H]3[C@H](OCC4CCOCC4)CC[C@@H]32)nc1.O=C(O)C(F)(F)F. The van der Waals surface area contributed by atoms with Crippen molar-refractivity contribution in [1.82, 2.24) is 9.97 Å². The summed E-state index contributed by atoms with van der Waals surface area (Å²) in [4.78, 5) is 19.3. The average Bonchev–Trinajstić information content (AvgIpc) is 3.17. The number of carboxylic acid groups (broad SMARTS) is 1. The van der Waals surface area contributed by atoms with Crippen LogP contribution in [0.1, 0.15) is 25.7 Å². The van der Waals surface area contributed by atoms with Gasteiger partial charge in [-0.15, -0.1) is 0 Å². The summed E-state index contributed by atoms with van der Waals surface area (Å²) in [6.07, 6.45) is 1.67. The van der Waals surface area contributed by atoms with Crippen LogP contribution in [0.4, 0.5) is 23.5 Å². The summed E-state index contributed by atoms with van der Waals surface area (Å²) >= 11 is 0. The van der Waals surface area contributed by atoms with Gasteiger partial charge in [0.2, 0.25) is 5.95 Å². The molecule has 3 heterocycles. The van der Waals surface area contributed by atoms with Gasteiger partial charge < -0.3 is 24.2 Å². The number of aliphatic carboxylic acids is 1. The molecule has 3 atom stereocenters. The Balaban J connectivity index is 0.000000339. The lowest BCUT2D eigenvalue weighted by Gasteiger charge is -2.39. The van der Waals surface area contributed by atoms with E-state index in [4.69, 9.17) is 24.1 Å². The number of hydrogen-bond donors (Lipinski definition) is 1. The Labute approximate surface area is 176 Å². The number of carbonyl (C=O) groups is 1. The van der Waals surface area contributed by atoms with E-state index in [-0.39, 0.29) is 18.2 Å². The predicted octanol–water partition coefficient (Wildman–Crippen LogP) is 2.43. The number of carboxylic acids is 1. The van der Waals surface area contributed by atoms with Crippen LogP contribution < -0.4 is 4.90 Å². The van der Waals surface area contributed by atoms with E-state index in [2.05, 4.69) is 14.9 Å². The highest BCUT2D eigenvalue weighted by atomic mass is 19.4. The van der Waals surface area contributed by atoms with Gasteiger partial charge in [0.05, 0.1) is 37.8 Å². The third-order valence-corrected chi connectivity index (χ3v) is 5.53. The van der Waals surface area contributed by atoms with Crippen LogP contribution >= 0.6 is 0 Å². The van der Waals surface area contributed by atoms with Crippen LogP contribution in [-0.4, -0.2) is 78.4 Å². The van der Waals surface area contributed by atoms with E-state index in [0.717, 1.165) is 52.0 Å². The van der Waals surface area contributed by atoms with Gasteiger partial charge >= 0.3 is 12.1 Å². The number of halogens is 4. The first-order valence-corrected chi connectivity index (χ1v) is 10.1. The minimum atomic E-state index is -5.08. The van der Waals surface area contributed by atoms with Gasteiger partial charge in [-0.3, -0.25) is 0 Å². The Bertz CT molecular complexity index is 715. The van der Waals surface area contributed by atoms with Crippen molar-refractivity contribution >= 4 is 11.9 Å². The quantitative estimate of drug-likeness (QED) is 0.698. The van der Waals surface area contributed by atoms with Gasteiger partial charge in [-0.1, -0.05) is 0 Å². The molecule has 1 aliphatic carbocycles. The van der Waals surface area contributed by atoms with Crippen molar-refractivity contribution in [1.29, 1.82) is 0 Å². The lowest BCUT2D eigenvalue weighted by Crippen LogP contribution is -2.52. The van der Waals surface area contributed by atoms with E-state index < -0.39 is 18.0 Å². The molecule has 3 aliphatic rings. The van der Waals surface area contributed by atoms with Crippen LogP contribution in [0.5, 0.6) is 0 Å². The van der Waals surface area contributed by atoms with E-state index >= 15 is 0 Å². The average molecular weight is 451 g/mol. The molecule has 4 rings (SSSR count). The third kappa shape index (κ3) is 6.47. The summed E-state index contributed by atoms with van der Waals surface area (Å²) < 4.78 is 62.4. The zero-order chi connectivity index (χ0) is 22.4. The number of alkyl halides is 3. The van der Waals surface area contributed by atoms with Gasteiger partial charge in [0.25, 0.3) is 0 Å². The molecule has 2 saturated heterocycles. The summed E-state index contributed by atoms with van der Waals surface area (Å²) in [7, 11) is 0. The van der Waals surface area contributed by atoms with Crippen molar-refractivity contribution in [3.63, 3.8) is 0 Å². The second kappa shape index (κ2) is 10.5. The van der Waals surface area contributed by atoms with Gasteiger partial charge in [-0.05, 0) is 31.6 Å². The molecule has 1 saturated carbocycles. The zero-order valence-corrected chi connectivity index (χ0v) is 16.8. The smallest absolute Gasteiger partial charge is 0.475 e. The molecular formula is C19H25F4N3O5. The number of aromatic nitrogens is 2. The number of nitrogens with zero attached hydrogens (tertiary/aromatic N) is 3. The number of ether oxygens (including phenoxy) is 3. The molecule has 31 heavy (non-hydrogen) atoms. The fourth-order valence-corrected chi connectivity index (χ4v) is 3.97. The summed E-state index contributed by atoms with van der Waals surface area (Å²) in [5, 5.41) is 7.12. The van der Waals surface area contributed by atoms with E-state index in [0.29, 0.717) is 18.5 Å². The fraction of sp³-hybridized carbons (Fsp3) is 0.737. The van der Waals surface area contributed by atoms with Gasteiger partial charge in [0.1, 0.15) is 6.10 Å². The molecule has 0 bridgehead atoms. The Morgan fingerprint density at radius 3 is 2.42 bits per heavy atom. The van der Waals surface area contributed by atoms with Crippen LogP contribution in [0.15, 0.2) is 12.4 Å². The molecule has 1 aromatic rings. The molecule has 174 valence electrons. The van der Waals surface area contributed by atoms with E-state index in [1.807, 2.05) is 0 Å². The molecule has 0 radical (unpaired) electrons. The van der Waals surface area contributed by atoms with Crippen LogP contribution in [0, 0.1) is 11.7 Å². The molecule has 0 spiro atoms. The van der Waals surface area contributed by atoms with Crippen molar-refractivity contribution in [2.24, 2.45) is 5.92 Å². The van der Waals surface area contributed by atoms with Gasteiger partial charge in [-0.25, -0.2) is 19.2 Å². The maximum Gasteiger partial charge on any atom is 0.490 e. The third-order valence-electron chi connectivity index (χ3n) is 5.53. The van der Waals surface area contributed by atoms with Crippen LogP contribution in [0.3, 0.4) is 0 Å². The zero-order valence-electron chi connectivity index (χ0n) is 16.8. The number of anilines is 1. The fourth-order valence-electron chi connectivity index (χ4n) is 3.97. The standard InChI is InChI=1S/C17H24FN3O3.C2HF3O2/c18-13-9-19-17(20-10-13)21-5-8-23-16-14(21)1-2-15(16)24-11-12-3-6-22-7-4-12;3-2(4,5)1(6)7/h9-10,12,14-16H,1-8,11H2;(H,6,7)/t14-,15+,16+;/m0./s1. The number of fused-ring (bicyclic) bond motifs is 1. The highest BCUT2D eigenvalue weighted by Crippen LogP contribution is 2.34. The molecule has 12 heteroatoms. The summed E-state index contributed by atoms with van der Waals surface area (Å²) in [5.41, 5.74) is 0. The van der Waals surface area contributed by atoms with Gasteiger partial charge in [0, 0.05) is 19.8 Å². The van der Waals surface area contributed by atoms with Crippen molar-refractivity contribution in [3.05, 3.63) is 18.2 Å². The van der Waals surface area contributed by atoms with Crippen molar-refractivity contribution in [2.75, 3.05) is 37.9 Å². The molecule has 3 fully saturated rings. The second-order valence-electron chi connectivity index (χ2n) is 7.61. The molecule has 0 amide bonds. The highest BCUT2D eigenvalue weighted by Gasteiger charge is 2.44. The molecule has 2 aliphatic heterocycles. The lowest BCUT2D eigenvalue weighted by atomic mass is 10.0. The predicted molar refractivity (Wildman–Crippen MR) is 99.1 cm³/mol. The van der Waals surface area contributed by atoms with Gasteiger partial charge in [0.15, 0.2) is 5.82 Å². The normalized spacial score (nSPS) is 26.7. The van der Waals surface area contributed by atoms with Crippen molar-refractivity contribution in [3.8, 4) is 0 Å². The highest BCUT2D eigenvalue weighted by molar-refractivity contribution is 5.73. The maximum atomic E-state index is 13.1. The number of morpholine rings is 1. The first kappa shape index (κ1) is 23.6. The van der Waals surface area contributed by atoms with Crippen LogP contribution in [0.25, 0.3) is 0 Å².